The molecule has 0 aromatic rings. The van der Waals surface area contributed by atoms with Crippen molar-refractivity contribution in [3.8, 4) is 0 Å². The third-order valence-corrected chi connectivity index (χ3v) is 2.49. The Morgan fingerprint density at radius 1 is 1.60 bits per heavy atom. The summed E-state index contributed by atoms with van der Waals surface area (Å²) in [4.78, 5) is 21.8. The van der Waals surface area contributed by atoms with Crippen LogP contribution >= 0.6 is 0 Å². The molecule has 0 bridgehead atoms. The van der Waals surface area contributed by atoms with Gasteiger partial charge in [-0.2, -0.15) is 0 Å². The van der Waals surface area contributed by atoms with Gasteiger partial charge in [0.25, 0.3) is 0 Å². The largest absolute Gasteiger partial charge is 0.466 e. The number of carbonyl (C=O) groups excluding carboxylic acids is 2. The smallest absolute Gasteiger partial charge is 0.302 e. The molecule has 1 aliphatic rings. The van der Waals surface area contributed by atoms with E-state index < -0.39 is 0 Å². The maximum absolute atomic E-state index is 11.3. The van der Waals surface area contributed by atoms with Crippen LogP contribution in [0.2, 0.25) is 0 Å². The predicted octanol–water partition coefficient (Wildman–Crippen LogP) is 1.47. The molecule has 86 valence electrons. The molecule has 0 amide bonds. The second-order valence-corrected chi connectivity index (χ2v) is 3.81. The Kier molecular flexibility index (Phi) is 4.75. The third kappa shape index (κ3) is 4.00. The number of esters is 1. The van der Waals surface area contributed by atoms with Gasteiger partial charge in [0, 0.05) is 13.3 Å². The van der Waals surface area contributed by atoms with E-state index in [4.69, 9.17) is 9.47 Å². The van der Waals surface area contributed by atoms with Gasteiger partial charge in [0.2, 0.25) is 0 Å². The van der Waals surface area contributed by atoms with Gasteiger partial charge in [0.05, 0.1) is 12.7 Å². The Balaban J connectivity index is 2.13. The standard InChI is InChI=1S/C11H18O4/c1-3-11-10(13)7-9(15-11)5-4-6-14-8(2)12/h9,11H,3-7H2,1-2H3/t9-,11+/m0/s1. The van der Waals surface area contributed by atoms with Crippen molar-refractivity contribution < 1.29 is 19.1 Å². The van der Waals surface area contributed by atoms with Gasteiger partial charge < -0.3 is 9.47 Å². The number of hydrogen-bond donors (Lipinski definition) is 0. The van der Waals surface area contributed by atoms with E-state index in [0.717, 1.165) is 19.3 Å². The van der Waals surface area contributed by atoms with Crippen LogP contribution in [0.25, 0.3) is 0 Å². The number of ketones is 1. The predicted molar refractivity (Wildman–Crippen MR) is 54.4 cm³/mol. The van der Waals surface area contributed by atoms with Crippen LogP contribution < -0.4 is 0 Å². The summed E-state index contributed by atoms with van der Waals surface area (Å²) in [5.74, 6) is -0.0557. The second-order valence-electron chi connectivity index (χ2n) is 3.81. The Morgan fingerprint density at radius 2 is 2.33 bits per heavy atom. The molecule has 1 heterocycles. The maximum atomic E-state index is 11.3. The second kappa shape index (κ2) is 5.85. The van der Waals surface area contributed by atoms with E-state index >= 15 is 0 Å². The summed E-state index contributed by atoms with van der Waals surface area (Å²) in [5, 5.41) is 0. The Morgan fingerprint density at radius 3 is 2.87 bits per heavy atom. The molecule has 4 nitrogen and oxygen atoms in total. The fourth-order valence-electron chi connectivity index (χ4n) is 1.73. The fraction of sp³-hybridized carbons (Fsp3) is 0.818. The van der Waals surface area contributed by atoms with Crippen molar-refractivity contribution in [2.24, 2.45) is 0 Å². The lowest BCUT2D eigenvalue weighted by atomic mass is 10.1. The summed E-state index contributed by atoms with van der Waals surface area (Å²) in [5.41, 5.74) is 0. The highest BCUT2D eigenvalue weighted by Gasteiger charge is 2.31. The minimum absolute atomic E-state index is 0.0259. The molecule has 4 heteroatoms. The van der Waals surface area contributed by atoms with Crippen LogP contribution in [0.1, 0.15) is 39.5 Å². The SMILES string of the molecule is CC[C@H]1O[C@@H](CCCOC(C)=O)CC1=O. The van der Waals surface area contributed by atoms with E-state index in [0.29, 0.717) is 13.0 Å². The lowest BCUT2D eigenvalue weighted by Crippen LogP contribution is -2.14. The molecule has 1 aliphatic heterocycles. The fourth-order valence-corrected chi connectivity index (χ4v) is 1.73. The minimum Gasteiger partial charge on any atom is -0.466 e. The molecule has 0 spiro atoms. The van der Waals surface area contributed by atoms with Crippen molar-refractivity contribution in [1.82, 2.24) is 0 Å². The van der Waals surface area contributed by atoms with Crippen LogP contribution in [0.4, 0.5) is 0 Å². The molecule has 0 saturated carbocycles. The van der Waals surface area contributed by atoms with Gasteiger partial charge in [-0.05, 0) is 19.3 Å². The van der Waals surface area contributed by atoms with E-state index in [1.807, 2.05) is 6.92 Å². The summed E-state index contributed by atoms with van der Waals surface area (Å²) in [6, 6.07) is 0. The normalized spacial score (nSPS) is 25.6. The van der Waals surface area contributed by atoms with Gasteiger partial charge >= 0.3 is 5.97 Å². The zero-order chi connectivity index (χ0) is 11.3. The van der Waals surface area contributed by atoms with E-state index in [1.54, 1.807) is 0 Å². The van der Waals surface area contributed by atoms with Gasteiger partial charge in [-0.3, -0.25) is 9.59 Å². The van der Waals surface area contributed by atoms with Crippen LogP contribution in [0.15, 0.2) is 0 Å². The van der Waals surface area contributed by atoms with Gasteiger partial charge in [-0.1, -0.05) is 6.92 Å². The first-order valence-corrected chi connectivity index (χ1v) is 5.45. The topological polar surface area (TPSA) is 52.6 Å². The average Bonchev–Trinajstić information content (AvgIpc) is 2.53. The van der Waals surface area contributed by atoms with Gasteiger partial charge in [-0.15, -0.1) is 0 Å². The van der Waals surface area contributed by atoms with E-state index in [1.165, 1.54) is 6.92 Å². The summed E-state index contributed by atoms with van der Waals surface area (Å²) in [6.07, 6.45) is 2.63. The van der Waals surface area contributed by atoms with Gasteiger partial charge in [-0.25, -0.2) is 0 Å². The lowest BCUT2D eigenvalue weighted by molar-refractivity contribution is -0.141. The molecular formula is C11H18O4. The Hall–Kier alpha value is -0.900. The molecule has 0 aromatic carbocycles. The Bertz CT molecular complexity index is 237. The number of carbonyl (C=O) groups is 2. The summed E-state index contributed by atoms with van der Waals surface area (Å²) < 4.78 is 10.3. The van der Waals surface area contributed by atoms with E-state index in [9.17, 15) is 9.59 Å². The summed E-state index contributed by atoms with van der Waals surface area (Å²) in [6.45, 7) is 3.76. The van der Waals surface area contributed by atoms with Crippen molar-refractivity contribution in [3.05, 3.63) is 0 Å². The lowest BCUT2D eigenvalue weighted by Gasteiger charge is -2.10. The highest BCUT2D eigenvalue weighted by atomic mass is 16.5. The molecule has 1 rings (SSSR count). The molecule has 15 heavy (non-hydrogen) atoms. The first-order chi connectivity index (χ1) is 7.13. The van der Waals surface area contributed by atoms with Crippen LogP contribution in [0, 0.1) is 0 Å². The van der Waals surface area contributed by atoms with Crippen molar-refractivity contribution in [2.45, 2.75) is 51.7 Å². The Labute approximate surface area is 89.9 Å². The third-order valence-electron chi connectivity index (χ3n) is 2.49. The van der Waals surface area contributed by atoms with E-state index in [2.05, 4.69) is 0 Å². The number of hydrogen-bond acceptors (Lipinski definition) is 4. The monoisotopic (exact) mass is 214 g/mol. The van der Waals surface area contributed by atoms with Crippen LogP contribution in [-0.4, -0.2) is 30.6 Å². The highest BCUT2D eigenvalue weighted by molar-refractivity contribution is 5.85. The number of Topliss-reactive ketones (excluding diaryl/α,β-unsaturated/α-hetero) is 1. The molecule has 1 saturated heterocycles. The molecule has 0 N–H and O–H groups in total. The first-order valence-electron chi connectivity index (χ1n) is 5.45. The molecule has 0 aliphatic carbocycles. The minimum atomic E-state index is -0.259. The van der Waals surface area contributed by atoms with Crippen molar-refractivity contribution in [1.29, 1.82) is 0 Å². The summed E-state index contributed by atoms with van der Waals surface area (Å²) >= 11 is 0. The van der Waals surface area contributed by atoms with E-state index in [-0.39, 0.29) is 24.0 Å². The molecule has 2 atom stereocenters. The molecule has 0 radical (unpaired) electrons. The zero-order valence-electron chi connectivity index (χ0n) is 9.32. The highest BCUT2D eigenvalue weighted by Crippen LogP contribution is 2.21. The molecule has 1 fully saturated rings. The van der Waals surface area contributed by atoms with Gasteiger partial charge in [0.1, 0.15) is 6.10 Å². The molecule has 0 unspecified atom stereocenters. The molecular weight excluding hydrogens is 196 g/mol. The number of ether oxygens (including phenoxy) is 2. The zero-order valence-corrected chi connectivity index (χ0v) is 9.32. The quantitative estimate of drug-likeness (QED) is 0.513. The summed E-state index contributed by atoms with van der Waals surface area (Å²) in [7, 11) is 0. The number of rotatable bonds is 5. The average molecular weight is 214 g/mol. The first kappa shape index (κ1) is 12.2. The van der Waals surface area contributed by atoms with Crippen LogP contribution in [0.3, 0.4) is 0 Å². The van der Waals surface area contributed by atoms with Crippen molar-refractivity contribution >= 4 is 11.8 Å². The van der Waals surface area contributed by atoms with Crippen LogP contribution in [0.5, 0.6) is 0 Å². The van der Waals surface area contributed by atoms with Gasteiger partial charge in [0.15, 0.2) is 5.78 Å². The van der Waals surface area contributed by atoms with Crippen LogP contribution in [-0.2, 0) is 19.1 Å². The maximum Gasteiger partial charge on any atom is 0.302 e. The van der Waals surface area contributed by atoms with Crippen molar-refractivity contribution in [3.63, 3.8) is 0 Å². The van der Waals surface area contributed by atoms with Crippen molar-refractivity contribution in [2.75, 3.05) is 6.61 Å². The molecule has 0 aromatic heterocycles.